The van der Waals surface area contributed by atoms with Gasteiger partial charge in [0.1, 0.15) is 0 Å². The number of isothiocyanates is 1. The van der Waals surface area contributed by atoms with Crippen LogP contribution in [0.1, 0.15) is 0 Å². The van der Waals surface area contributed by atoms with Gasteiger partial charge in [-0.15, -0.1) is 11.6 Å². The molecule has 0 aromatic heterocycles. The van der Waals surface area contributed by atoms with E-state index in [0.29, 0.717) is 5.88 Å². The van der Waals surface area contributed by atoms with Gasteiger partial charge in [-0.2, -0.15) is 21.6 Å². The Balaban J connectivity index is 0. The van der Waals surface area contributed by atoms with Gasteiger partial charge in [-0.25, -0.2) is 4.99 Å². The lowest BCUT2D eigenvalue weighted by Crippen LogP contribution is -2.43. The summed E-state index contributed by atoms with van der Waals surface area (Å²) in [5.41, 5.74) is -5.53. The molecule has 0 rings (SSSR count). The van der Waals surface area contributed by atoms with E-state index in [4.69, 9.17) is 24.6 Å². The molecule has 0 spiro atoms. The molecule has 0 fully saturated rings. The quantitative estimate of drug-likeness (QED) is 0.206. The van der Waals surface area contributed by atoms with Crippen LogP contribution in [0.2, 0.25) is 0 Å². The molecule has 0 saturated carbocycles. The lowest BCUT2D eigenvalue weighted by molar-refractivity contribution is -0.886. The second-order valence-electron chi connectivity index (χ2n) is 3.97. The fourth-order valence-electron chi connectivity index (χ4n) is 0.707. The van der Waals surface area contributed by atoms with Gasteiger partial charge in [0.25, 0.3) is 0 Å². The molecule has 19 heavy (non-hydrogen) atoms. The second-order valence-corrected chi connectivity index (χ2v) is 5.94. The first-order valence-corrected chi connectivity index (χ1v) is 7.21. The third-order valence-electron chi connectivity index (χ3n) is 1.86. The molecule has 5 nitrogen and oxygen atoms in total. The summed E-state index contributed by atoms with van der Waals surface area (Å²) < 4.78 is 58.4. The summed E-state index contributed by atoms with van der Waals surface area (Å²) in [6, 6.07) is 0. The van der Waals surface area contributed by atoms with Crippen LogP contribution in [0, 0.1) is 0 Å². The van der Waals surface area contributed by atoms with E-state index in [2.05, 4.69) is 36.5 Å². The van der Waals surface area contributed by atoms with Crippen LogP contribution in [-0.2, 0) is 10.1 Å². The Morgan fingerprint density at radius 3 is 2.05 bits per heavy atom. The molecule has 0 aromatic carbocycles. The Kier molecular flexibility index (Phi) is 9.78. The standard InChI is InChI=1S/C7H14ClN2S.CHF3O3S/c1-10(2,5-3-8)6-4-9-7-11;2-1(3,4)8(5,6)7/h3-6H2,1-2H3;(H,5,6,7)/q+1;. The minimum absolute atomic E-state index is 0.689. The zero-order valence-electron chi connectivity index (χ0n) is 10.3. The van der Waals surface area contributed by atoms with Crippen LogP contribution in [0.25, 0.3) is 0 Å². The number of nitrogens with zero attached hydrogens (tertiary/aromatic N) is 2. The number of alkyl halides is 4. The Morgan fingerprint density at radius 1 is 1.37 bits per heavy atom. The number of aliphatic imine (C=N–C) groups is 1. The van der Waals surface area contributed by atoms with Crippen LogP contribution in [-0.4, -0.2) is 67.7 Å². The fraction of sp³-hybridized carbons (Fsp3) is 0.875. The van der Waals surface area contributed by atoms with E-state index in [1.54, 1.807) is 0 Å². The molecular weight excluding hydrogens is 329 g/mol. The summed E-state index contributed by atoms with van der Waals surface area (Å²) in [6.07, 6.45) is 0. The Hall–Kier alpha value is -0.250. The van der Waals surface area contributed by atoms with Crippen LogP contribution in [0.15, 0.2) is 4.99 Å². The van der Waals surface area contributed by atoms with Crippen molar-refractivity contribution in [2.75, 3.05) is 39.6 Å². The fourth-order valence-corrected chi connectivity index (χ4v) is 1.26. The van der Waals surface area contributed by atoms with E-state index < -0.39 is 15.6 Å². The predicted octanol–water partition coefficient (Wildman–Crippen LogP) is 1.80. The summed E-state index contributed by atoms with van der Waals surface area (Å²) in [7, 11) is -1.59. The maximum atomic E-state index is 10.7. The van der Waals surface area contributed by atoms with Crippen molar-refractivity contribution in [3.63, 3.8) is 0 Å². The molecule has 0 aliphatic rings. The average molecular weight is 344 g/mol. The van der Waals surface area contributed by atoms with Crippen molar-refractivity contribution in [3.8, 4) is 0 Å². The lowest BCUT2D eigenvalue weighted by atomic mass is 10.4. The number of rotatable bonds is 5. The molecule has 0 atom stereocenters. The van der Waals surface area contributed by atoms with Crippen LogP contribution >= 0.6 is 23.8 Å². The minimum atomic E-state index is -5.84. The molecule has 0 aliphatic heterocycles. The van der Waals surface area contributed by atoms with Crippen molar-refractivity contribution < 1.29 is 30.6 Å². The summed E-state index contributed by atoms with van der Waals surface area (Å²) in [6.45, 7) is 2.68. The van der Waals surface area contributed by atoms with E-state index in [0.717, 1.165) is 24.1 Å². The highest BCUT2D eigenvalue weighted by Gasteiger charge is 2.44. The van der Waals surface area contributed by atoms with Crippen molar-refractivity contribution in [2.24, 2.45) is 4.99 Å². The average Bonchev–Trinajstić information content (AvgIpc) is 2.15. The Morgan fingerprint density at radius 2 is 1.79 bits per heavy atom. The van der Waals surface area contributed by atoms with Crippen LogP contribution in [0.5, 0.6) is 0 Å². The first-order valence-electron chi connectivity index (χ1n) is 4.83. The Labute approximate surface area is 120 Å². The molecule has 114 valence electrons. The molecule has 0 aromatic rings. The van der Waals surface area contributed by atoms with Crippen molar-refractivity contribution in [1.29, 1.82) is 0 Å². The first-order chi connectivity index (χ1) is 8.37. The largest absolute Gasteiger partial charge is 0.522 e. The van der Waals surface area contributed by atoms with Crippen molar-refractivity contribution >= 4 is 39.1 Å². The molecule has 0 bridgehead atoms. The van der Waals surface area contributed by atoms with E-state index in [1.165, 1.54) is 0 Å². The zero-order valence-corrected chi connectivity index (χ0v) is 12.7. The smallest absolute Gasteiger partial charge is 0.326 e. The van der Waals surface area contributed by atoms with Crippen molar-refractivity contribution in [2.45, 2.75) is 5.51 Å². The number of hydrogen-bond donors (Lipinski definition) is 1. The SMILES string of the molecule is C[N+](C)(CCCl)CCN=C=S.O=S(=O)(O)C(F)(F)F. The molecule has 0 unspecified atom stereocenters. The highest BCUT2D eigenvalue weighted by atomic mass is 35.5. The summed E-state index contributed by atoms with van der Waals surface area (Å²) in [4.78, 5) is 3.85. The highest BCUT2D eigenvalue weighted by molar-refractivity contribution is 7.86. The highest BCUT2D eigenvalue weighted by Crippen LogP contribution is 2.20. The molecule has 11 heteroatoms. The van der Waals surface area contributed by atoms with E-state index >= 15 is 0 Å². The lowest BCUT2D eigenvalue weighted by Gasteiger charge is -2.27. The minimum Gasteiger partial charge on any atom is -0.326 e. The molecule has 0 saturated heterocycles. The molecular formula is C8H15ClF3N2O3S2+. The topological polar surface area (TPSA) is 66.7 Å². The molecule has 0 aliphatic carbocycles. The van der Waals surface area contributed by atoms with Gasteiger partial charge in [0.15, 0.2) is 0 Å². The number of likely N-dealkylation sites (N-methyl/N-ethyl adjacent to an activating group) is 1. The van der Waals surface area contributed by atoms with Gasteiger partial charge in [-0.1, -0.05) is 0 Å². The summed E-state index contributed by atoms with van der Waals surface area (Å²) >= 11 is 10.1. The van der Waals surface area contributed by atoms with Gasteiger partial charge in [-0.05, 0) is 12.2 Å². The number of hydrogen-bond acceptors (Lipinski definition) is 4. The predicted molar refractivity (Wildman–Crippen MR) is 70.1 cm³/mol. The summed E-state index contributed by atoms with van der Waals surface area (Å²) in [5.74, 6) is 0.689. The van der Waals surface area contributed by atoms with Gasteiger partial charge in [0.2, 0.25) is 0 Å². The van der Waals surface area contributed by atoms with Crippen molar-refractivity contribution in [1.82, 2.24) is 0 Å². The molecule has 0 radical (unpaired) electrons. The monoisotopic (exact) mass is 343 g/mol. The Bertz CT molecular complexity index is 406. The van der Waals surface area contributed by atoms with Crippen LogP contribution < -0.4 is 0 Å². The number of thiocarbonyl (C=S) groups is 1. The van der Waals surface area contributed by atoms with E-state index in [1.807, 2.05) is 0 Å². The molecule has 1 N–H and O–H groups in total. The van der Waals surface area contributed by atoms with Crippen molar-refractivity contribution in [3.05, 3.63) is 0 Å². The first kappa shape index (κ1) is 21.1. The number of quaternary nitrogens is 1. The summed E-state index contributed by atoms with van der Waals surface area (Å²) in [5, 5.41) is 2.35. The zero-order chi connectivity index (χ0) is 15.7. The number of halogens is 4. The van der Waals surface area contributed by atoms with E-state index in [9.17, 15) is 13.2 Å². The van der Waals surface area contributed by atoms with Gasteiger partial charge >= 0.3 is 15.6 Å². The third-order valence-corrected chi connectivity index (χ3v) is 2.75. The van der Waals surface area contributed by atoms with Gasteiger partial charge in [0.05, 0.1) is 44.8 Å². The molecule has 0 amide bonds. The van der Waals surface area contributed by atoms with Crippen LogP contribution in [0.3, 0.4) is 0 Å². The maximum Gasteiger partial charge on any atom is 0.522 e. The van der Waals surface area contributed by atoms with Crippen LogP contribution in [0.4, 0.5) is 13.2 Å². The van der Waals surface area contributed by atoms with Gasteiger partial charge in [-0.3, -0.25) is 4.55 Å². The van der Waals surface area contributed by atoms with Gasteiger partial charge in [0, 0.05) is 0 Å². The third kappa shape index (κ3) is 12.5. The van der Waals surface area contributed by atoms with E-state index in [-0.39, 0.29) is 0 Å². The van der Waals surface area contributed by atoms with Gasteiger partial charge < -0.3 is 4.48 Å². The maximum absolute atomic E-state index is 10.7. The normalized spacial score (nSPS) is 12.2. The molecule has 0 heterocycles. The second kappa shape index (κ2) is 8.83.